The van der Waals surface area contributed by atoms with Gasteiger partial charge in [0.1, 0.15) is 0 Å². The molecule has 2 amide bonds. The van der Waals surface area contributed by atoms with Crippen LogP contribution in [0.1, 0.15) is 45.4 Å². The van der Waals surface area contributed by atoms with E-state index in [-0.39, 0.29) is 6.09 Å². The van der Waals surface area contributed by atoms with Crippen molar-refractivity contribution in [3.8, 4) is 0 Å². The topological polar surface area (TPSA) is 61.9 Å². The molecule has 0 aromatic heterocycles. The van der Waals surface area contributed by atoms with Crippen LogP contribution in [0.5, 0.6) is 0 Å². The Hall–Kier alpha value is -1.30. The van der Waals surface area contributed by atoms with E-state index in [0.717, 1.165) is 45.1 Å². The SMILES string of the molecule is CCOC(=O)N1CCC2(CC(N3CC4C(C3)C4C(=O)NCC3CCC3)C2)C1. The molecule has 0 radical (unpaired) electrons. The molecule has 0 bridgehead atoms. The van der Waals surface area contributed by atoms with E-state index in [4.69, 9.17) is 4.74 Å². The van der Waals surface area contributed by atoms with Gasteiger partial charge in [0, 0.05) is 44.7 Å². The maximum atomic E-state index is 12.4. The molecular formula is C21H33N3O3. The van der Waals surface area contributed by atoms with E-state index in [1.54, 1.807) is 0 Å². The van der Waals surface area contributed by atoms with Crippen molar-refractivity contribution in [1.82, 2.24) is 15.1 Å². The summed E-state index contributed by atoms with van der Waals surface area (Å²) in [7, 11) is 0. The van der Waals surface area contributed by atoms with Crippen molar-refractivity contribution in [1.29, 1.82) is 0 Å². The van der Waals surface area contributed by atoms with Crippen LogP contribution in [0.4, 0.5) is 4.79 Å². The standard InChI is InChI=1S/C21H33N3O3/c1-2-27-20(26)23-7-6-21(13-23)8-15(9-21)24-11-16-17(12-24)18(16)19(25)22-10-14-4-3-5-14/h14-18H,2-13H2,1H3,(H,22,25). The Kier molecular flexibility index (Phi) is 4.37. The number of nitrogens with one attached hydrogen (secondary N) is 1. The van der Waals surface area contributed by atoms with E-state index in [1.807, 2.05) is 11.8 Å². The second kappa shape index (κ2) is 6.64. The Labute approximate surface area is 162 Å². The molecule has 0 aromatic rings. The summed E-state index contributed by atoms with van der Waals surface area (Å²) < 4.78 is 5.15. The molecule has 5 aliphatic rings. The van der Waals surface area contributed by atoms with E-state index < -0.39 is 0 Å². The van der Waals surface area contributed by atoms with Crippen LogP contribution in [0.3, 0.4) is 0 Å². The van der Waals surface area contributed by atoms with Gasteiger partial charge in [0.05, 0.1) is 6.61 Å². The second-order valence-corrected chi connectivity index (χ2v) is 9.78. The molecule has 3 saturated carbocycles. The van der Waals surface area contributed by atoms with Gasteiger partial charge in [0.25, 0.3) is 0 Å². The number of fused-ring (bicyclic) bond motifs is 1. The van der Waals surface area contributed by atoms with Gasteiger partial charge in [-0.1, -0.05) is 6.42 Å². The normalized spacial score (nSPS) is 40.4. The molecule has 2 atom stereocenters. The number of hydrogen-bond acceptors (Lipinski definition) is 4. The Morgan fingerprint density at radius 3 is 2.56 bits per heavy atom. The maximum Gasteiger partial charge on any atom is 0.409 e. The summed E-state index contributed by atoms with van der Waals surface area (Å²) in [5.74, 6) is 2.56. The van der Waals surface area contributed by atoms with Crippen molar-refractivity contribution >= 4 is 12.0 Å². The van der Waals surface area contributed by atoms with Gasteiger partial charge in [-0.2, -0.15) is 0 Å². The number of nitrogens with zero attached hydrogens (tertiary/aromatic N) is 2. The van der Waals surface area contributed by atoms with Gasteiger partial charge in [0.15, 0.2) is 0 Å². The first-order chi connectivity index (χ1) is 13.1. The van der Waals surface area contributed by atoms with E-state index >= 15 is 0 Å². The van der Waals surface area contributed by atoms with Crippen LogP contribution >= 0.6 is 0 Å². The van der Waals surface area contributed by atoms with Gasteiger partial charge in [-0.05, 0) is 62.2 Å². The number of amides is 2. The third kappa shape index (κ3) is 3.14. The molecule has 5 rings (SSSR count). The highest BCUT2D eigenvalue weighted by atomic mass is 16.6. The van der Waals surface area contributed by atoms with E-state index in [1.165, 1.54) is 32.1 Å². The van der Waals surface area contributed by atoms with Crippen LogP contribution in [0.2, 0.25) is 0 Å². The zero-order chi connectivity index (χ0) is 18.6. The fourth-order valence-electron chi connectivity index (χ4n) is 6.14. The molecule has 2 heterocycles. The van der Waals surface area contributed by atoms with Crippen LogP contribution in [0, 0.1) is 29.1 Å². The van der Waals surface area contributed by atoms with Gasteiger partial charge in [-0.3, -0.25) is 9.69 Å². The molecule has 6 nitrogen and oxygen atoms in total. The lowest BCUT2D eigenvalue weighted by Gasteiger charge is -2.49. The summed E-state index contributed by atoms with van der Waals surface area (Å²) in [5.41, 5.74) is 0.337. The zero-order valence-electron chi connectivity index (χ0n) is 16.5. The van der Waals surface area contributed by atoms with E-state index in [0.29, 0.717) is 41.7 Å². The molecule has 6 heteroatoms. The van der Waals surface area contributed by atoms with Crippen LogP contribution < -0.4 is 5.32 Å². The predicted octanol–water partition coefficient (Wildman–Crippen LogP) is 2.09. The Morgan fingerprint density at radius 2 is 1.93 bits per heavy atom. The third-order valence-corrected chi connectivity index (χ3v) is 8.13. The molecule has 1 spiro atoms. The number of rotatable bonds is 5. The molecule has 2 aliphatic heterocycles. The van der Waals surface area contributed by atoms with Gasteiger partial charge in [-0.25, -0.2) is 4.79 Å². The first-order valence-corrected chi connectivity index (χ1v) is 11.0. The number of likely N-dealkylation sites (tertiary alicyclic amines) is 2. The lowest BCUT2D eigenvalue weighted by molar-refractivity contribution is -0.123. The van der Waals surface area contributed by atoms with Gasteiger partial charge < -0.3 is 15.0 Å². The predicted molar refractivity (Wildman–Crippen MR) is 101 cm³/mol. The minimum Gasteiger partial charge on any atom is -0.450 e. The summed E-state index contributed by atoms with van der Waals surface area (Å²) in [6, 6.07) is 0.665. The highest BCUT2D eigenvalue weighted by Gasteiger charge is 2.62. The van der Waals surface area contributed by atoms with Crippen LogP contribution in [-0.2, 0) is 9.53 Å². The van der Waals surface area contributed by atoms with Gasteiger partial charge in [-0.15, -0.1) is 0 Å². The quantitative estimate of drug-likeness (QED) is 0.799. The Morgan fingerprint density at radius 1 is 1.19 bits per heavy atom. The van der Waals surface area contributed by atoms with E-state index in [2.05, 4.69) is 10.2 Å². The number of piperidine rings is 1. The third-order valence-electron chi connectivity index (χ3n) is 8.13. The Bertz CT molecular complexity index is 602. The van der Waals surface area contributed by atoms with Crippen molar-refractivity contribution in [2.24, 2.45) is 29.1 Å². The number of carbonyl (C=O) groups excluding carboxylic acids is 2. The summed E-state index contributed by atoms with van der Waals surface area (Å²) in [4.78, 5) is 28.9. The second-order valence-electron chi connectivity index (χ2n) is 9.78. The van der Waals surface area contributed by atoms with Crippen molar-refractivity contribution < 1.29 is 14.3 Å². The van der Waals surface area contributed by atoms with Crippen molar-refractivity contribution in [3.05, 3.63) is 0 Å². The summed E-state index contributed by atoms with van der Waals surface area (Å²) in [6.07, 6.45) is 7.32. The maximum absolute atomic E-state index is 12.4. The van der Waals surface area contributed by atoms with Crippen LogP contribution in [0.25, 0.3) is 0 Å². The van der Waals surface area contributed by atoms with Crippen molar-refractivity contribution in [3.63, 3.8) is 0 Å². The number of ether oxygens (including phenoxy) is 1. The average Bonchev–Trinajstić information content (AvgIpc) is 2.96. The first-order valence-electron chi connectivity index (χ1n) is 11.0. The lowest BCUT2D eigenvalue weighted by Crippen LogP contribution is -2.52. The molecule has 5 fully saturated rings. The fourth-order valence-corrected chi connectivity index (χ4v) is 6.14. The first kappa shape index (κ1) is 17.8. The van der Waals surface area contributed by atoms with Crippen LogP contribution in [-0.4, -0.2) is 67.2 Å². The highest BCUT2D eigenvalue weighted by Crippen LogP contribution is 2.57. The lowest BCUT2D eigenvalue weighted by atomic mass is 9.64. The monoisotopic (exact) mass is 375 g/mol. The summed E-state index contributed by atoms with van der Waals surface area (Å²) in [5, 5.41) is 3.21. The largest absolute Gasteiger partial charge is 0.450 e. The molecule has 27 heavy (non-hydrogen) atoms. The molecule has 150 valence electrons. The minimum absolute atomic E-state index is 0.143. The molecular weight excluding hydrogens is 342 g/mol. The Balaban J connectivity index is 1.04. The molecule has 2 unspecified atom stereocenters. The van der Waals surface area contributed by atoms with Gasteiger partial charge >= 0.3 is 6.09 Å². The average molecular weight is 376 g/mol. The molecule has 3 aliphatic carbocycles. The smallest absolute Gasteiger partial charge is 0.409 e. The molecule has 0 aromatic carbocycles. The van der Waals surface area contributed by atoms with E-state index in [9.17, 15) is 9.59 Å². The van der Waals surface area contributed by atoms with Crippen molar-refractivity contribution in [2.75, 3.05) is 39.3 Å². The number of hydrogen-bond donors (Lipinski definition) is 1. The van der Waals surface area contributed by atoms with Gasteiger partial charge in [0.2, 0.25) is 5.91 Å². The van der Waals surface area contributed by atoms with Crippen LogP contribution in [0.15, 0.2) is 0 Å². The fraction of sp³-hybridized carbons (Fsp3) is 0.905. The highest BCUT2D eigenvalue weighted by molar-refractivity contribution is 5.82. The molecule has 1 N–H and O–H groups in total. The summed E-state index contributed by atoms with van der Waals surface area (Å²) in [6.45, 7) is 7.15. The molecule has 2 saturated heterocycles. The number of carbonyl (C=O) groups is 2. The van der Waals surface area contributed by atoms with Crippen molar-refractivity contribution in [2.45, 2.75) is 51.5 Å². The zero-order valence-corrected chi connectivity index (χ0v) is 16.5. The minimum atomic E-state index is -0.143. The summed E-state index contributed by atoms with van der Waals surface area (Å²) >= 11 is 0.